The van der Waals surface area contributed by atoms with Crippen LogP contribution in [-0.2, 0) is 17.6 Å². The first-order valence-corrected chi connectivity index (χ1v) is 13.3. The minimum Gasteiger partial charge on any atom is -0.462 e. The number of ether oxygens (including phenoxy) is 1. The minimum absolute atomic E-state index is 0.223. The third kappa shape index (κ3) is 4.23. The summed E-state index contributed by atoms with van der Waals surface area (Å²) in [6, 6.07) is 14.6. The number of esters is 1. The lowest BCUT2D eigenvalue weighted by molar-refractivity contribution is 0.0531. The van der Waals surface area contributed by atoms with E-state index in [2.05, 4.69) is 41.7 Å². The number of nitrogens with zero attached hydrogens (tertiary/aromatic N) is 2. The van der Waals surface area contributed by atoms with Crippen LogP contribution in [0.3, 0.4) is 0 Å². The Kier molecular flexibility index (Phi) is 6.48. The van der Waals surface area contributed by atoms with Gasteiger partial charge in [-0.25, -0.2) is 9.78 Å². The van der Waals surface area contributed by atoms with Crippen molar-refractivity contribution in [3.05, 3.63) is 74.1 Å². The number of thiophene rings is 2. The van der Waals surface area contributed by atoms with Crippen LogP contribution in [0.1, 0.15) is 66.6 Å². The van der Waals surface area contributed by atoms with Crippen LogP contribution in [0.4, 0.5) is 10.7 Å². The second-order valence-electron chi connectivity index (χ2n) is 8.69. The number of pyridine rings is 1. The SMILES string of the molecule is CCOC(=O)c1sc(NC(=O)c2sc3nc4c(cc3c2N)CC(c2ccccc2)CC4)c(C#N)c1C. The summed E-state index contributed by atoms with van der Waals surface area (Å²) in [5, 5.41) is 13.5. The number of aryl methyl sites for hydroxylation is 1. The maximum Gasteiger partial charge on any atom is 0.348 e. The van der Waals surface area contributed by atoms with Crippen LogP contribution < -0.4 is 11.1 Å². The van der Waals surface area contributed by atoms with Crippen LogP contribution in [-0.4, -0.2) is 23.5 Å². The number of anilines is 2. The fourth-order valence-electron chi connectivity index (χ4n) is 4.66. The highest BCUT2D eigenvalue weighted by Crippen LogP contribution is 2.39. The summed E-state index contributed by atoms with van der Waals surface area (Å²) in [5.74, 6) is -0.508. The molecular weight excluding hydrogens is 492 g/mol. The molecule has 0 fully saturated rings. The van der Waals surface area contributed by atoms with Gasteiger partial charge in [-0.05, 0) is 61.8 Å². The molecule has 3 N–H and O–H groups in total. The van der Waals surface area contributed by atoms with E-state index >= 15 is 0 Å². The number of hydrogen-bond donors (Lipinski definition) is 2. The van der Waals surface area contributed by atoms with Gasteiger partial charge in [0.05, 0.1) is 17.9 Å². The van der Waals surface area contributed by atoms with Crippen molar-refractivity contribution >= 4 is 55.5 Å². The van der Waals surface area contributed by atoms with Gasteiger partial charge in [-0.2, -0.15) is 5.26 Å². The second kappa shape index (κ2) is 9.72. The standard InChI is InChI=1S/C27H24N4O3S2/c1-3-34-27(33)22-14(2)19(13-28)26(35-22)31-24(32)23-21(29)18-12-17-11-16(15-7-5-4-6-8-15)9-10-20(17)30-25(18)36-23/h4-8,12,16H,3,9-11,29H2,1-2H3,(H,31,32). The zero-order chi connectivity index (χ0) is 25.4. The zero-order valence-electron chi connectivity index (χ0n) is 19.9. The van der Waals surface area contributed by atoms with Gasteiger partial charge < -0.3 is 15.8 Å². The zero-order valence-corrected chi connectivity index (χ0v) is 21.5. The molecule has 1 aliphatic rings. The third-order valence-corrected chi connectivity index (χ3v) is 8.81. The molecule has 3 aromatic heterocycles. The predicted octanol–water partition coefficient (Wildman–Crippen LogP) is 5.82. The van der Waals surface area contributed by atoms with Gasteiger partial charge in [-0.15, -0.1) is 22.7 Å². The largest absolute Gasteiger partial charge is 0.462 e. The number of rotatable bonds is 5. The molecule has 1 aliphatic carbocycles. The Morgan fingerprint density at radius 1 is 1.25 bits per heavy atom. The third-order valence-electron chi connectivity index (χ3n) is 6.51. The number of nitrogens with two attached hydrogens (primary N) is 1. The number of nitrogens with one attached hydrogen (secondary N) is 1. The summed E-state index contributed by atoms with van der Waals surface area (Å²) in [5.41, 5.74) is 11.1. The summed E-state index contributed by atoms with van der Waals surface area (Å²) in [6.07, 6.45) is 2.79. The number of nitrogen functional groups attached to an aromatic ring is 1. The molecule has 1 atom stereocenters. The van der Waals surface area contributed by atoms with E-state index in [9.17, 15) is 14.9 Å². The Hall–Kier alpha value is -3.74. The van der Waals surface area contributed by atoms with Crippen molar-refractivity contribution in [2.75, 3.05) is 17.7 Å². The average Bonchev–Trinajstić information content (AvgIpc) is 3.38. The lowest BCUT2D eigenvalue weighted by Gasteiger charge is -2.24. The first-order chi connectivity index (χ1) is 17.4. The van der Waals surface area contributed by atoms with Gasteiger partial charge in [0.2, 0.25) is 0 Å². The van der Waals surface area contributed by atoms with E-state index < -0.39 is 11.9 Å². The lowest BCUT2D eigenvalue weighted by Crippen LogP contribution is -2.14. The molecule has 0 aliphatic heterocycles. The maximum absolute atomic E-state index is 13.2. The first kappa shape index (κ1) is 24.0. The molecule has 36 heavy (non-hydrogen) atoms. The molecule has 5 rings (SSSR count). The Morgan fingerprint density at radius 2 is 2.03 bits per heavy atom. The van der Waals surface area contributed by atoms with Gasteiger partial charge >= 0.3 is 5.97 Å². The monoisotopic (exact) mass is 516 g/mol. The fraction of sp³-hybridized carbons (Fsp3) is 0.259. The van der Waals surface area contributed by atoms with Crippen molar-refractivity contribution in [2.45, 2.75) is 39.0 Å². The van der Waals surface area contributed by atoms with E-state index in [1.54, 1.807) is 13.8 Å². The molecule has 7 nitrogen and oxygen atoms in total. The maximum atomic E-state index is 13.2. The number of amides is 1. The number of carbonyl (C=O) groups excluding carboxylic acids is 2. The second-order valence-corrected chi connectivity index (χ2v) is 10.7. The number of carbonyl (C=O) groups is 2. The Balaban J connectivity index is 1.44. The highest BCUT2D eigenvalue weighted by Gasteiger charge is 2.26. The summed E-state index contributed by atoms with van der Waals surface area (Å²) >= 11 is 2.27. The quantitative estimate of drug-likeness (QED) is 0.323. The Labute approximate surface area is 216 Å². The van der Waals surface area contributed by atoms with Crippen LogP contribution in [0.2, 0.25) is 0 Å². The molecular formula is C27H24N4O3S2. The molecule has 9 heteroatoms. The van der Waals surface area contributed by atoms with Crippen LogP contribution in [0.5, 0.6) is 0 Å². The normalized spacial score (nSPS) is 14.8. The van der Waals surface area contributed by atoms with E-state index in [-0.39, 0.29) is 12.2 Å². The van der Waals surface area contributed by atoms with Gasteiger partial charge in [-0.1, -0.05) is 30.3 Å². The number of hydrogen-bond acceptors (Lipinski definition) is 8. The van der Waals surface area contributed by atoms with Gasteiger partial charge in [0.15, 0.2) is 0 Å². The number of aromatic nitrogens is 1. The van der Waals surface area contributed by atoms with Gasteiger partial charge in [-0.3, -0.25) is 4.79 Å². The topological polar surface area (TPSA) is 118 Å². The Bertz CT molecular complexity index is 1530. The first-order valence-electron chi connectivity index (χ1n) is 11.7. The van der Waals surface area contributed by atoms with Crippen molar-refractivity contribution in [1.82, 2.24) is 4.98 Å². The van der Waals surface area contributed by atoms with Crippen LogP contribution in [0.15, 0.2) is 36.4 Å². The van der Waals surface area contributed by atoms with Crippen molar-refractivity contribution in [2.24, 2.45) is 0 Å². The molecule has 1 aromatic carbocycles. The van der Waals surface area contributed by atoms with E-state index in [0.29, 0.717) is 31.9 Å². The molecule has 0 spiro atoms. The Morgan fingerprint density at radius 3 is 2.75 bits per heavy atom. The van der Waals surface area contributed by atoms with Crippen molar-refractivity contribution in [1.29, 1.82) is 5.26 Å². The number of benzene rings is 1. The van der Waals surface area contributed by atoms with E-state index in [1.807, 2.05) is 6.07 Å². The lowest BCUT2D eigenvalue weighted by atomic mass is 9.82. The highest BCUT2D eigenvalue weighted by molar-refractivity contribution is 7.21. The van der Waals surface area contributed by atoms with E-state index in [1.165, 1.54) is 22.5 Å². The molecule has 0 saturated heterocycles. The number of fused-ring (bicyclic) bond motifs is 2. The molecule has 0 saturated carbocycles. The summed E-state index contributed by atoms with van der Waals surface area (Å²) in [6.45, 7) is 3.61. The minimum atomic E-state index is -0.512. The molecule has 3 heterocycles. The van der Waals surface area contributed by atoms with Gasteiger partial charge in [0.1, 0.15) is 25.7 Å². The molecule has 4 aromatic rings. The molecule has 0 bridgehead atoms. The number of nitriles is 1. The van der Waals surface area contributed by atoms with Crippen LogP contribution >= 0.6 is 22.7 Å². The van der Waals surface area contributed by atoms with E-state index in [0.717, 1.165) is 46.5 Å². The highest BCUT2D eigenvalue weighted by atomic mass is 32.1. The van der Waals surface area contributed by atoms with Gasteiger partial charge in [0, 0.05) is 11.1 Å². The summed E-state index contributed by atoms with van der Waals surface area (Å²) in [7, 11) is 0. The van der Waals surface area contributed by atoms with E-state index in [4.69, 9.17) is 15.5 Å². The van der Waals surface area contributed by atoms with Crippen LogP contribution in [0, 0.1) is 18.3 Å². The molecule has 0 radical (unpaired) electrons. The van der Waals surface area contributed by atoms with Crippen molar-refractivity contribution in [3.8, 4) is 6.07 Å². The molecule has 1 amide bonds. The van der Waals surface area contributed by atoms with Crippen molar-refractivity contribution in [3.63, 3.8) is 0 Å². The average molecular weight is 517 g/mol. The summed E-state index contributed by atoms with van der Waals surface area (Å²) in [4.78, 5) is 31.7. The molecule has 1 unspecified atom stereocenters. The smallest absolute Gasteiger partial charge is 0.348 e. The van der Waals surface area contributed by atoms with Crippen LogP contribution in [0.25, 0.3) is 10.2 Å². The van der Waals surface area contributed by atoms with Crippen molar-refractivity contribution < 1.29 is 14.3 Å². The fourth-order valence-corrected chi connectivity index (χ4v) is 6.69. The summed E-state index contributed by atoms with van der Waals surface area (Å²) < 4.78 is 5.08. The predicted molar refractivity (Wildman–Crippen MR) is 143 cm³/mol. The van der Waals surface area contributed by atoms with Gasteiger partial charge in [0.25, 0.3) is 5.91 Å². The molecule has 182 valence electrons.